The molecule has 0 N–H and O–H groups in total. The third-order valence-electron chi connectivity index (χ3n) is 2.18. The molecule has 1 aromatic carbocycles. The number of aryl methyl sites for hydroxylation is 2. The fourth-order valence-electron chi connectivity index (χ4n) is 1.29. The average molecular weight is 184 g/mol. The Balaban J connectivity index is 2.69. The molecule has 0 atom stereocenters. The Bertz CT molecular complexity index is 287. The lowest BCUT2D eigenvalue weighted by molar-refractivity contribution is 0.317. The molecule has 0 spiro atoms. The molecule has 0 fully saturated rings. The van der Waals surface area contributed by atoms with E-state index in [1.807, 2.05) is 26.0 Å². The van der Waals surface area contributed by atoms with E-state index in [1.54, 1.807) is 0 Å². The Labute approximate surface area is 88.7 Å². The fraction of sp³-hybridized carbons (Fsp3) is 0.455. The lowest BCUT2D eigenvalue weighted by Crippen LogP contribution is -2.12. The van der Waals surface area contributed by atoms with Crippen molar-refractivity contribution in [2.75, 3.05) is 6.61 Å². The average Bonchev–Trinajstić information content (AvgIpc) is 2.14. The van der Waals surface area contributed by atoms with Gasteiger partial charge in [0.05, 0.1) is 14.5 Å². The van der Waals surface area contributed by atoms with E-state index < -0.39 is 0 Å². The molecular formula is C11H14B2O. The highest BCUT2D eigenvalue weighted by molar-refractivity contribution is 6.34. The van der Waals surface area contributed by atoms with Crippen molar-refractivity contribution in [2.45, 2.75) is 26.6 Å². The zero-order valence-electron chi connectivity index (χ0n) is 8.84. The van der Waals surface area contributed by atoms with Crippen LogP contribution in [0.1, 0.15) is 17.5 Å². The molecule has 0 heterocycles. The summed E-state index contributed by atoms with van der Waals surface area (Å²) in [6.45, 7) is 4.63. The Kier molecular flexibility index (Phi) is 4.12. The normalized spacial score (nSPS) is 10.1. The minimum absolute atomic E-state index is 0.660. The van der Waals surface area contributed by atoms with Crippen LogP contribution in [0.3, 0.4) is 0 Å². The van der Waals surface area contributed by atoms with Crippen LogP contribution in [0.5, 0.6) is 5.75 Å². The van der Waals surface area contributed by atoms with Crippen molar-refractivity contribution in [3.63, 3.8) is 0 Å². The standard InChI is InChI=1S/C11H14B2O/c1-8-6-10(14-5-3-4-12)7-9(2)11(8)13/h6-7H,3-5H2,1-2H3. The molecule has 0 saturated heterocycles. The minimum atomic E-state index is 0.660. The maximum absolute atomic E-state index is 5.83. The molecular weight excluding hydrogens is 170 g/mol. The summed E-state index contributed by atoms with van der Waals surface area (Å²) in [6.07, 6.45) is 1.54. The van der Waals surface area contributed by atoms with E-state index in [1.165, 1.54) is 0 Å². The number of ether oxygens (including phenoxy) is 1. The van der Waals surface area contributed by atoms with E-state index in [-0.39, 0.29) is 0 Å². The Morgan fingerprint density at radius 1 is 1.21 bits per heavy atom. The van der Waals surface area contributed by atoms with Crippen molar-refractivity contribution in [1.29, 1.82) is 0 Å². The van der Waals surface area contributed by atoms with Gasteiger partial charge in [-0.1, -0.05) is 22.9 Å². The summed E-state index contributed by atoms with van der Waals surface area (Å²) in [6, 6.07) is 3.91. The van der Waals surface area contributed by atoms with Crippen molar-refractivity contribution >= 4 is 21.2 Å². The van der Waals surface area contributed by atoms with Gasteiger partial charge in [0, 0.05) is 0 Å². The molecule has 0 amide bonds. The molecule has 0 aliphatic carbocycles. The molecule has 3 heteroatoms. The molecule has 0 unspecified atom stereocenters. The largest absolute Gasteiger partial charge is 0.494 e. The molecule has 0 aromatic heterocycles. The van der Waals surface area contributed by atoms with E-state index in [0.29, 0.717) is 12.9 Å². The molecule has 1 rings (SSSR count). The van der Waals surface area contributed by atoms with E-state index in [2.05, 4.69) is 0 Å². The lowest BCUT2D eigenvalue weighted by Gasteiger charge is -2.10. The van der Waals surface area contributed by atoms with Crippen LogP contribution >= 0.6 is 0 Å². The SMILES string of the molecule is [B]CCCOc1cc(C)c([B])c(C)c1. The van der Waals surface area contributed by atoms with Gasteiger partial charge in [-0.05, 0) is 32.4 Å². The third-order valence-corrected chi connectivity index (χ3v) is 2.18. The predicted molar refractivity (Wildman–Crippen MR) is 62.0 cm³/mol. The topological polar surface area (TPSA) is 9.23 Å². The van der Waals surface area contributed by atoms with Crippen molar-refractivity contribution < 1.29 is 4.74 Å². The number of rotatable bonds is 4. The first-order chi connectivity index (χ1) is 6.65. The summed E-state index contributed by atoms with van der Waals surface area (Å²) < 4.78 is 5.53. The van der Waals surface area contributed by atoms with Crippen molar-refractivity contribution in [2.24, 2.45) is 0 Å². The minimum Gasteiger partial charge on any atom is -0.494 e. The first-order valence-electron chi connectivity index (χ1n) is 4.84. The molecule has 70 valence electrons. The van der Waals surface area contributed by atoms with E-state index in [0.717, 1.165) is 28.8 Å². The van der Waals surface area contributed by atoms with Crippen molar-refractivity contribution in [3.05, 3.63) is 23.3 Å². The van der Waals surface area contributed by atoms with Crippen LogP contribution in [-0.2, 0) is 0 Å². The van der Waals surface area contributed by atoms with E-state index >= 15 is 0 Å². The van der Waals surface area contributed by atoms with Crippen LogP contribution in [0.2, 0.25) is 6.32 Å². The second-order valence-electron chi connectivity index (χ2n) is 3.46. The van der Waals surface area contributed by atoms with Crippen LogP contribution in [0.4, 0.5) is 0 Å². The Morgan fingerprint density at radius 2 is 1.79 bits per heavy atom. The van der Waals surface area contributed by atoms with Gasteiger partial charge in [0.15, 0.2) is 0 Å². The first kappa shape index (κ1) is 11.2. The molecule has 1 aromatic rings. The Hall–Kier alpha value is -0.850. The zero-order chi connectivity index (χ0) is 10.6. The highest BCUT2D eigenvalue weighted by atomic mass is 16.5. The van der Waals surface area contributed by atoms with E-state index in [9.17, 15) is 0 Å². The first-order valence-corrected chi connectivity index (χ1v) is 4.84. The van der Waals surface area contributed by atoms with Gasteiger partial charge in [-0.25, -0.2) is 0 Å². The maximum atomic E-state index is 5.83. The summed E-state index contributed by atoms with van der Waals surface area (Å²) in [5.41, 5.74) is 2.97. The molecule has 0 bridgehead atoms. The predicted octanol–water partition coefficient (Wildman–Crippen LogP) is 1.45. The highest BCUT2D eigenvalue weighted by Crippen LogP contribution is 2.14. The zero-order valence-corrected chi connectivity index (χ0v) is 8.84. The summed E-state index contributed by atoms with van der Waals surface area (Å²) in [7, 11) is 11.2. The van der Waals surface area contributed by atoms with Crippen molar-refractivity contribution in [3.8, 4) is 5.75 Å². The summed E-state index contributed by atoms with van der Waals surface area (Å²) in [5, 5.41) is 0. The van der Waals surface area contributed by atoms with E-state index in [4.69, 9.17) is 20.4 Å². The smallest absolute Gasteiger partial charge is 0.119 e. The van der Waals surface area contributed by atoms with Gasteiger partial charge in [0.25, 0.3) is 0 Å². The second kappa shape index (κ2) is 5.14. The maximum Gasteiger partial charge on any atom is 0.119 e. The van der Waals surface area contributed by atoms with Crippen molar-refractivity contribution in [1.82, 2.24) is 0 Å². The highest BCUT2D eigenvalue weighted by Gasteiger charge is 2.00. The van der Waals surface area contributed by atoms with Gasteiger partial charge < -0.3 is 4.74 Å². The van der Waals surface area contributed by atoms with Gasteiger partial charge >= 0.3 is 0 Å². The molecule has 4 radical (unpaired) electrons. The fourth-order valence-corrected chi connectivity index (χ4v) is 1.29. The summed E-state index contributed by atoms with van der Waals surface area (Å²) in [4.78, 5) is 0. The number of benzene rings is 1. The molecule has 0 aliphatic heterocycles. The van der Waals surface area contributed by atoms with Crippen LogP contribution in [0, 0.1) is 13.8 Å². The Morgan fingerprint density at radius 3 is 2.29 bits per heavy atom. The van der Waals surface area contributed by atoms with Crippen LogP contribution in [0.15, 0.2) is 12.1 Å². The van der Waals surface area contributed by atoms with Crippen LogP contribution in [-0.4, -0.2) is 22.3 Å². The number of hydrogen-bond donors (Lipinski definition) is 0. The molecule has 14 heavy (non-hydrogen) atoms. The third kappa shape index (κ3) is 2.83. The van der Waals surface area contributed by atoms with Gasteiger partial charge in [-0.15, -0.1) is 0 Å². The van der Waals surface area contributed by atoms with Gasteiger partial charge in [0.1, 0.15) is 13.6 Å². The second-order valence-corrected chi connectivity index (χ2v) is 3.46. The molecule has 0 saturated carbocycles. The van der Waals surface area contributed by atoms with Gasteiger partial charge in [-0.2, -0.15) is 0 Å². The van der Waals surface area contributed by atoms with Gasteiger partial charge in [-0.3, -0.25) is 0 Å². The lowest BCUT2D eigenvalue weighted by atomic mass is 9.87. The van der Waals surface area contributed by atoms with Crippen LogP contribution < -0.4 is 10.2 Å². The summed E-state index contributed by atoms with van der Waals surface area (Å²) in [5.74, 6) is 0.877. The van der Waals surface area contributed by atoms with Crippen LogP contribution in [0.25, 0.3) is 0 Å². The monoisotopic (exact) mass is 184 g/mol. The quantitative estimate of drug-likeness (QED) is 0.508. The molecule has 1 nitrogen and oxygen atoms in total. The van der Waals surface area contributed by atoms with Gasteiger partial charge in [0.2, 0.25) is 0 Å². The number of hydrogen-bond acceptors (Lipinski definition) is 1. The summed E-state index contributed by atoms with van der Waals surface area (Å²) >= 11 is 0. The molecule has 0 aliphatic rings.